The number of benzene rings is 2. The number of hydrogen-bond donors (Lipinski definition) is 0. The quantitative estimate of drug-likeness (QED) is 0.678. The van der Waals surface area contributed by atoms with Gasteiger partial charge in [0.1, 0.15) is 11.6 Å². The van der Waals surface area contributed by atoms with E-state index >= 15 is 0 Å². The Bertz CT molecular complexity index is 928. The number of hydrogen-bond acceptors (Lipinski definition) is 4. The number of rotatable bonds is 0. The standard InChI is InChI=1S/C19H16F2N2OS/c1-19(2)12-9-24-14-6-4-3-5-11(14)16(12)22-18-23(19)17-13(21)7-10(20)8-15(17)25-18/h3-8,12,16H,9H2,1-2H3. The summed E-state index contributed by atoms with van der Waals surface area (Å²) in [6.07, 6.45) is 0. The Labute approximate surface area is 148 Å². The van der Waals surface area contributed by atoms with E-state index in [9.17, 15) is 8.78 Å². The Morgan fingerprint density at radius 1 is 1.24 bits per heavy atom. The van der Waals surface area contributed by atoms with Crippen LogP contribution in [0.1, 0.15) is 25.5 Å². The van der Waals surface area contributed by atoms with Gasteiger partial charge in [-0.05, 0) is 37.7 Å². The molecule has 128 valence electrons. The van der Waals surface area contributed by atoms with Crippen molar-refractivity contribution in [2.75, 3.05) is 11.5 Å². The van der Waals surface area contributed by atoms with Crippen LogP contribution in [-0.4, -0.2) is 17.3 Å². The highest BCUT2D eigenvalue weighted by Crippen LogP contribution is 2.55. The highest BCUT2D eigenvalue weighted by Gasteiger charge is 2.52. The van der Waals surface area contributed by atoms with Crippen LogP contribution in [0, 0.1) is 17.6 Å². The molecule has 0 spiro atoms. The summed E-state index contributed by atoms with van der Waals surface area (Å²) in [5, 5.41) is 0.724. The lowest BCUT2D eigenvalue weighted by Gasteiger charge is -2.50. The van der Waals surface area contributed by atoms with Crippen LogP contribution in [0.25, 0.3) is 0 Å². The molecule has 0 bridgehead atoms. The Morgan fingerprint density at radius 3 is 2.88 bits per heavy atom. The fourth-order valence-corrected chi connectivity index (χ4v) is 5.31. The predicted molar refractivity (Wildman–Crippen MR) is 94.4 cm³/mol. The van der Waals surface area contributed by atoms with Crippen molar-refractivity contribution < 1.29 is 13.5 Å². The molecule has 6 heteroatoms. The first-order valence-corrected chi connectivity index (χ1v) is 9.05. The van der Waals surface area contributed by atoms with Crippen LogP contribution in [0.4, 0.5) is 14.5 Å². The summed E-state index contributed by atoms with van der Waals surface area (Å²) in [5.74, 6) is -0.179. The number of para-hydroxylation sites is 1. The topological polar surface area (TPSA) is 24.8 Å². The molecule has 0 N–H and O–H groups in total. The van der Waals surface area contributed by atoms with Crippen LogP contribution in [0.5, 0.6) is 5.75 Å². The summed E-state index contributed by atoms with van der Waals surface area (Å²) in [6, 6.07) is 10.2. The Hall–Kier alpha value is -2.08. The first-order valence-electron chi connectivity index (χ1n) is 8.23. The predicted octanol–water partition coefficient (Wildman–Crippen LogP) is 4.78. The van der Waals surface area contributed by atoms with E-state index in [0.29, 0.717) is 17.2 Å². The third-order valence-electron chi connectivity index (χ3n) is 5.38. The normalized spacial score (nSPS) is 25.3. The number of fused-ring (bicyclic) bond motifs is 6. The average molecular weight is 358 g/mol. The van der Waals surface area contributed by atoms with Gasteiger partial charge < -0.3 is 9.64 Å². The van der Waals surface area contributed by atoms with Crippen LogP contribution < -0.4 is 9.64 Å². The third kappa shape index (κ3) is 2.00. The number of nitrogens with zero attached hydrogens (tertiary/aromatic N) is 2. The molecular weight excluding hydrogens is 342 g/mol. The molecule has 2 unspecified atom stereocenters. The molecule has 0 saturated heterocycles. The van der Waals surface area contributed by atoms with E-state index < -0.39 is 17.2 Å². The van der Waals surface area contributed by atoms with Crippen molar-refractivity contribution in [3.63, 3.8) is 0 Å². The van der Waals surface area contributed by atoms with E-state index in [1.807, 2.05) is 29.2 Å². The molecule has 2 aromatic rings. The first kappa shape index (κ1) is 15.2. The summed E-state index contributed by atoms with van der Waals surface area (Å²) in [6.45, 7) is 4.68. The van der Waals surface area contributed by atoms with Crippen molar-refractivity contribution in [2.24, 2.45) is 10.9 Å². The highest BCUT2D eigenvalue weighted by atomic mass is 32.2. The molecule has 25 heavy (non-hydrogen) atoms. The Balaban J connectivity index is 1.70. The van der Waals surface area contributed by atoms with Crippen LogP contribution in [-0.2, 0) is 0 Å². The van der Waals surface area contributed by atoms with Crippen molar-refractivity contribution in [1.82, 2.24) is 0 Å². The zero-order valence-electron chi connectivity index (χ0n) is 13.8. The zero-order valence-corrected chi connectivity index (χ0v) is 14.6. The third-order valence-corrected chi connectivity index (χ3v) is 6.38. The maximum Gasteiger partial charge on any atom is 0.169 e. The first-order chi connectivity index (χ1) is 12.0. The Kier molecular flexibility index (Phi) is 3.02. The molecule has 0 aliphatic carbocycles. The van der Waals surface area contributed by atoms with Gasteiger partial charge in [-0.2, -0.15) is 0 Å². The van der Waals surface area contributed by atoms with Gasteiger partial charge in [-0.15, -0.1) is 0 Å². The van der Waals surface area contributed by atoms with Crippen LogP contribution in [0.2, 0.25) is 0 Å². The molecule has 0 aromatic heterocycles. The molecule has 3 nitrogen and oxygen atoms in total. The zero-order chi connectivity index (χ0) is 17.3. The molecule has 3 aliphatic rings. The van der Waals surface area contributed by atoms with E-state index in [1.165, 1.54) is 17.8 Å². The minimum absolute atomic E-state index is 0.0408. The summed E-state index contributed by atoms with van der Waals surface area (Å²) in [7, 11) is 0. The van der Waals surface area contributed by atoms with Gasteiger partial charge in [-0.1, -0.05) is 18.2 Å². The minimum atomic E-state index is -0.562. The van der Waals surface area contributed by atoms with Crippen LogP contribution >= 0.6 is 11.8 Å². The smallest absolute Gasteiger partial charge is 0.169 e. The average Bonchev–Trinajstić information content (AvgIpc) is 2.94. The highest BCUT2D eigenvalue weighted by molar-refractivity contribution is 8.14. The van der Waals surface area contributed by atoms with Crippen molar-refractivity contribution >= 4 is 22.6 Å². The van der Waals surface area contributed by atoms with Crippen molar-refractivity contribution in [2.45, 2.75) is 30.3 Å². The number of amidine groups is 1. The molecule has 0 amide bonds. The number of halogens is 2. The van der Waals surface area contributed by atoms with E-state index in [0.717, 1.165) is 22.5 Å². The lowest BCUT2D eigenvalue weighted by molar-refractivity contribution is 0.133. The SMILES string of the molecule is CC1(C)C2COc3ccccc3C2N=C2Sc3cc(F)cc(F)c3N21. The number of ether oxygens (including phenoxy) is 1. The lowest BCUT2D eigenvalue weighted by atomic mass is 9.76. The second-order valence-electron chi connectivity index (χ2n) is 7.14. The molecule has 0 saturated carbocycles. The Morgan fingerprint density at radius 2 is 2.04 bits per heavy atom. The van der Waals surface area contributed by atoms with E-state index in [4.69, 9.17) is 9.73 Å². The van der Waals surface area contributed by atoms with Gasteiger partial charge in [-0.3, -0.25) is 4.99 Å². The fourth-order valence-electron chi connectivity index (χ4n) is 4.07. The monoisotopic (exact) mass is 358 g/mol. The van der Waals surface area contributed by atoms with E-state index in [1.54, 1.807) is 0 Å². The molecule has 2 atom stereocenters. The van der Waals surface area contributed by atoms with Gasteiger partial charge >= 0.3 is 0 Å². The maximum absolute atomic E-state index is 14.5. The van der Waals surface area contributed by atoms with Crippen molar-refractivity contribution in [1.29, 1.82) is 0 Å². The summed E-state index contributed by atoms with van der Waals surface area (Å²) < 4.78 is 34.2. The number of thioether (sulfide) groups is 1. The molecule has 0 radical (unpaired) electrons. The molecule has 2 aromatic carbocycles. The van der Waals surface area contributed by atoms with Gasteiger partial charge in [0.15, 0.2) is 11.0 Å². The number of aliphatic imine (C=N–C) groups is 1. The summed E-state index contributed by atoms with van der Waals surface area (Å²) in [5.41, 5.74) is 1.07. The molecule has 5 rings (SSSR count). The van der Waals surface area contributed by atoms with Gasteiger partial charge in [-0.25, -0.2) is 8.78 Å². The second kappa shape index (κ2) is 4.97. The fraction of sp³-hybridized carbons (Fsp3) is 0.316. The molecule has 0 fully saturated rings. The van der Waals surface area contributed by atoms with Gasteiger partial charge in [0.25, 0.3) is 0 Å². The number of anilines is 1. The van der Waals surface area contributed by atoms with Crippen LogP contribution in [0.3, 0.4) is 0 Å². The van der Waals surface area contributed by atoms with Crippen molar-refractivity contribution in [3.8, 4) is 5.75 Å². The summed E-state index contributed by atoms with van der Waals surface area (Å²) in [4.78, 5) is 7.42. The molecular formula is C19H16F2N2OS. The van der Waals surface area contributed by atoms with Gasteiger partial charge in [0.05, 0.1) is 23.9 Å². The lowest BCUT2D eigenvalue weighted by Crippen LogP contribution is -2.58. The van der Waals surface area contributed by atoms with Crippen molar-refractivity contribution in [3.05, 3.63) is 53.6 Å². The summed E-state index contributed by atoms with van der Waals surface area (Å²) >= 11 is 1.34. The largest absolute Gasteiger partial charge is 0.493 e. The second-order valence-corrected chi connectivity index (χ2v) is 8.15. The van der Waals surface area contributed by atoms with Crippen LogP contribution in [0.15, 0.2) is 46.3 Å². The van der Waals surface area contributed by atoms with E-state index in [-0.39, 0.29) is 12.0 Å². The molecule has 3 heterocycles. The minimum Gasteiger partial charge on any atom is -0.493 e. The van der Waals surface area contributed by atoms with E-state index in [2.05, 4.69) is 13.8 Å². The maximum atomic E-state index is 14.5. The van der Waals surface area contributed by atoms with Gasteiger partial charge in [0, 0.05) is 22.4 Å². The van der Waals surface area contributed by atoms with Gasteiger partial charge in [0.2, 0.25) is 0 Å². The molecule has 3 aliphatic heterocycles.